The maximum Gasteiger partial charge on any atom is 0.407 e. The van der Waals surface area contributed by atoms with Crippen molar-refractivity contribution in [3.05, 3.63) is 35.4 Å². The van der Waals surface area contributed by atoms with Gasteiger partial charge in [-0.1, -0.05) is 6.92 Å². The minimum absolute atomic E-state index is 0.242. The van der Waals surface area contributed by atoms with E-state index < -0.39 is 17.6 Å². The SMILES string of the molecule is CC[C@H](CNC(=O)c1ccc(C(N)=O)cc1)NC(=O)OC(C)(C)C. The monoisotopic (exact) mass is 335 g/mol. The Morgan fingerprint density at radius 3 is 2.12 bits per heavy atom. The van der Waals surface area contributed by atoms with Gasteiger partial charge in [-0.3, -0.25) is 9.59 Å². The lowest BCUT2D eigenvalue weighted by Crippen LogP contribution is -2.45. The van der Waals surface area contributed by atoms with Gasteiger partial charge in [0.1, 0.15) is 5.60 Å². The minimum atomic E-state index is -0.576. The maximum atomic E-state index is 12.1. The molecule has 0 fully saturated rings. The second-order valence-electron chi connectivity index (χ2n) is 6.40. The zero-order chi connectivity index (χ0) is 18.3. The summed E-state index contributed by atoms with van der Waals surface area (Å²) in [6.45, 7) is 7.52. The Morgan fingerprint density at radius 1 is 1.12 bits per heavy atom. The van der Waals surface area contributed by atoms with E-state index in [9.17, 15) is 14.4 Å². The molecule has 3 amide bonds. The first-order chi connectivity index (χ1) is 11.1. The average molecular weight is 335 g/mol. The number of nitrogens with one attached hydrogen (secondary N) is 2. The molecule has 0 heterocycles. The summed E-state index contributed by atoms with van der Waals surface area (Å²) in [5, 5.41) is 5.46. The molecule has 7 heteroatoms. The Hall–Kier alpha value is -2.57. The number of hydrogen-bond donors (Lipinski definition) is 3. The highest BCUT2D eigenvalue weighted by Gasteiger charge is 2.19. The van der Waals surface area contributed by atoms with E-state index in [4.69, 9.17) is 10.5 Å². The molecule has 24 heavy (non-hydrogen) atoms. The number of nitrogens with two attached hydrogens (primary N) is 1. The fraction of sp³-hybridized carbons (Fsp3) is 0.471. The van der Waals surface area contributed by atoms with Crippen LogP contribution in [0.25, 0.3) is 0 Å². The summed E-state index contributed by atoms with van der Waals surface area (Å²) in [5.41, 5.74) is 5.33. The Labute approximate surface area is 141 Å². The van der Waals surface area contributed by atoms with Crippen LogP contribution in [-0.4, -0.2) is 36.1 Å². The lowest BCUT2D eigenvalue weighted by molar-refractivity contribution is 0.0500. The molecular formula is C17H25N3O4. The van der Waals surface area contributed by atoms with Gasteiger partial charge in [-0.15, -0.1) is 0 Å². The highest BCUT2D eigenvalue weighted by Crippen LogP contribution is 2.07. The fourth-order valence-corrected chi connectivity index (χ4v) is 1.88. The molecule has 0 radical (unpaired) electrons. The van der Waals surface area contributed by atoms with Gasteiger partial charge in [0.2, 0.25) is 5.91 Å². The Balaban J connectivity index is 2.54. The van der Waals surface area contributed by atoms with Gasteiger partial charge >= 0.3 is 6.09 Å². The second kappa shape index (κ2) is 8.33. The molecule has 1 aromatic carbocycles. The summed E-state index contributed by atoms with van der Waals surface area (Å²) in [6, 6.07) is 5.80. The number of alkyl carbamates (subject to hydrolysis) is 1. The number of hydrogen-bond acceptors (Lipinski definition) is 4. The van der Waals surface area contributed by atoms with Crippen LogP contribution >= 0.6 is 0 Å². The van der Waals surface area contributed by atoms with Gasteiger partial charge in [-0.2, -0.15) is 0 Å². The van der Waals surface area contributed by atoms with E-state index in [1.54, 1.807) is 20.8 Å². The van der Waals surface area contributed by atoms with E-state index >= 15 is 0 Å². The molecule has 0 aromatic heterocycles. The van der Waals surface area contributed by atoms with Crippen molar-refractivity contribution >= 4 is 17.9 Å². The van der Waals surface area contributed by atoms with Gasteiger partial charge in [-0.05, 0) is 51.5 Å². The van der Waals surface area contributed by atoms with E-state index in [-0.39, 0.29) is 18.5 Å². The first-order valence-corrected chi connectivity index (χ1v) is 7.80. The lowest BCUT2D eigenvalue weighted by atomic mass is 10.1. The molecule has 0 aliphatic rings. The number of carbonyl (C=O) groups excluding carboxylic acids is 3. The summed E-state index contributed by atoms with van der Waals surface area (Å²) in [4.78, 5) is 34.9. The molecule has 0 unspecified atom stereocenters. The molecule has 0 bridgehead atoms. The van der Waals surface area contributed by atoms with Crippen LogP contribution in [0.2, 0.25) is 0 Å². The third-order valence-electron chi connectivity index (χ3n) is 3.15. The molecule has 0 saturated carbocycles. The molecule has 0 saturated heterocycles. The van der Waals surface area contributed by atoms with Crippen LogP contribution in [0.5, 0.6) is 0 Å². The van der Waals surface area contributed by atoms with E-state index in [1.807, 2.05) is 6.92 Å². The van der Waals surface area contributed by atoms with Crippen LogP contribution in [0.4, 0.5) is 4.79 Å². The zero-order valence-electron chi connectivity index (χ0n) is 14.5. The Bertz CT molecular complexity index is 591. The largest absolute Gasteiger partial charge is 0.444 e. The van der Waals surface area contributed by atoms with Crippen LogP contribution in [0, 0.1) is 0 Å². The highest BCUT2D eigenvalue weighted by molar-refractivity contribution is 5.97. The molecule has 1 atom stereocenters. The number of rotatable bonds is 6. The molecular weight excluding hydrogens is 310 g/mol. The zero-order valence-corrected chi connectivity index (χ0v) is 14.5. The highest BCUT2D eigenvalue weighted by atomic mass is 16.6. The van der Waals surface area contributed by atoms with Crippen molar-refractivity contribution in [3.63, 3.8) is 0 Å². The van der Waals surface area contributed by atoms with E-state index in [1.165, 1.54) is 24.3 Å². The van der Waals surface area contributed by atoms with Crippen molar-refractivity contribution in [2.45, 2.75) is 45.8 Å². The number of amides is 3. The quantitative estimate of drug-likeness (QED) is 0.736. The molecule has 0 aliphatic heterocycles. The van der Waals surface area contributed by atoms with Gasteiger partial charge in [0.25, 0.3) is 5.91 Å². The number of primary amides is 1. The molecule has 1 rings (SSSR count). The van der Waals surface area contributed by atoms with Crippen LogP contribution in [0.3, 0.4) is 0 Å². The third-order valence-corrected chi connectivity index (χ3v) is 3.15. The Morgan fingerprint density at radius 2 is 1.67 bits per heavy atom. The van der Waals surface area contributed by atoms with Crippen LogP contribution in [0.1, 0.15) is 54.8 Å². The van der Waals surface area contributed by atoms with Gasteiger partial charge < -0.3 is 21.1 Å². The van der Waals surface area contributed by atoms with Crippen LogP contribution in [0.15, 0.2) is 24.3 Å². The summed E-state index contributed by atoms with van der Waals surface area (Å²) < 4.78 is 5.19. The van der Waals surface area contributed by atoms with Gasteiger partial charge in [0, 0.05) is 23.7 Å². The smallest absolute Gasteiger partial charge is 0.407 e. The second-order valence-corrected chi connectivity index (χ2v) is 6.40. The first kappa shape index (κ1) is 19.5. The lowest BCUT2D eigenvalue weighted by Gasteiger charge is -2.23. The van der Waals surface area contributed by atoms with Crippen molar-refractivity contribution < 1.29 is 19.1 Å². The average Bonchev–Trinajstić information content (AvgIpc) is 2.49. The standard InChI is InChI=1S/C17H25N3O4/c1-5-13(20-16(23)24-17(2,3)4)10-19-15(22)12-8-6-11(7-9-12)14(18)21/h6-9,13H,5,10H2,1-4H3,(H2,18,21)(H,19,22)(H,20,23)/t13-/m1/s1. The minimum Gasteiger partial charge on any atom is -0.444 e. The van der Waals surface area contributed by atoms with Crippen LogP contribution < -0.4 is 16.4 Å². The molecule has 132 valence electrons. The van der Waals surface area contributed by atoms with Gasteiger partial charge in [-0.25, -0.2) is 4.79 Å². The fourth-order valence-electron chi connectivity index (χ4n) is 1.88. The summed E-state index contributed by atoms with van der Waals surface area (Å²) in [5.74, 6) is -0.843. The van der Waals surface area contributed by atoms with Gasteiger partial charge in [0.15, 0.2) is 0 Å². The van der Waals surface area contributed by atoms with Crippen molar-refractivity contribution in [2.75, 3.05) is 6.54 Å². The maximum absolute atomic E-state index is 12.1. The van der Waals surface area contributed by atoms with E-state index in [0.29, 0.717) is 17.5 Å². The predicted octanol–water partition coefficient (Wildman–Crippen LogP) is 1.82. The molecule has 4 N–H and O–H groups in total. The van der Waals surface area contributed by atoms with E-state index in [2.05, 4.69) is 10.6 Å². The summed E-state index contributed by atoms with van der Waals surface area (Å²) in [6.07, 6.45) is 0.120. The molecule has 0 aliphatic carbocycles. The molecule has 1 aromatic rings. The van der Waals surface area contributed by atoms with E-state index in [0.717, 1.165) is 0 Å². The van der Waals surface area contributed by atoms with Crippen molar-refractivity contribution in [3.8, 4) is 0 Å². The third kappa shape index (κ3) is 6.68. The normalized spacial score (nSPS) is 12.2. The van der Waals surface area contributed by atoms with Crippen LogP contribution in [-0.2, 0) is 4.74 Å². The van der Waals surface area contributed by atoms with Gasteiger partial charge in [0.05, 0.1) is 0 Å². The predicted molar refractivity (Wildman–Crippen MR) is 90.7 cm³/mol. The first-order valence-electron chi connectivity index (χ1n) is 7.80. The number of ether oxygens (including phenoxy) is 1. The molecule has 0 spiro atoms. The molecule has 7 nitrogen and oxygen atoms in total. The topological polar surface area (TPSA) is 111 Å². The summed E-state index contributed by atoms with van der Waals surface area (Å²) in [7, 11) is 0. The Kier molecular flexibility index (Phi) is 6.76. The summed E-state index contributed by atoms with van der Waals surface area (Å²) >= 11 is 0. The van der Waals surface area contributed by atoms with Crippen molar-refractivity contribution in [2.24, 2.45) is 5.73 Å². The van der Waals surface area contributed by atoms with Crippen molar-refractivity contribution in [1.29, 1.82) is 0 Å². The number of carbonyl (C=O) groups is 3. The van der Waals surface area contributed by atoms with Crippen molar-refractivity contribution in [1.82, 2.24) is 10.6 Å². The number of benzene rings is 1.